The minimum absolute atomic E-state index is 0.0639. The number of hydrogen-bond donors (Lipinski definition) is 2. The van der Waals surface area contributed by atoms with Crippen molar-refractivity contribution in [3.05, 3.63) is 0 Å². The van der Waals surface area contributed by atoms with E-state index in [9.17, 15) is 9.90 Å². The molecule has 0 spiro atoms. The number of carbonyl (C=O) groups is 1. The van der Waals surface area contributed by atoms with Gasteiger partial charge in [0.1, 0.15) is 0 Å². The van der Waals surface area contributed by atoms with Crippen molar-refractivity contribution >= 4 is 15.7 Å². The van der Waals surface area contributed by atoms with Gasteiger partial charge in [-0.2, -0.15) is 0 Å². The molecule has 5 heteroatoms. The second-order valence-corrected chi connectivity index (χ2v) is 9.48. The van der Waals surface area contributed by atoms with Crippen LogP contribution in [0.1, 0.15) is 85.0 Å². The van der Waals surface area contributed by atoms with E-state index < -0.39 is 0 Å². The van der Waals surface area contributed by atoms with Crippen molar-refractivity contribution in [1.82, 2.24) is 5.32 Å². The highest BCUT2D eigenvalue weighted by Gasteiger charge is 2.18. The zero-order valence-electron chi connectivity index (χ0n) is 16.5. The van der Waals surface area contributed by atoms with E-state index in [1.807, 2.05) is 0 Å². The quantitative estimate of drug-likeness (QED) is 0.327. The topological polar surface area (TPSA) is 58.6 Å². The van der Waals surface area contributed by atoms with Crippen molar-refractivity contribution in [1.29, 1.82) is 0 Å². The van der Waals surface area contributed by atoms with E-state index in [0.29, 0.717) is 19.4 Å². The Morgan fingerprint density at radius 2 is 1.83 bits per heavy atom. The minimum Gasteiger partial charge on any atom is -0.427 e. The fourth-order valence-electron chi connectivity index (χ4n) is 2.81. The number of rotatable bonds is 16. The summed E-state index contributed by atoms with van der Waals surface area (Å²) >= 11 is 0. The predicted molar refractivity (Wildman–Crippen MR) is 105 cm³/mol. The van der Waals surface area contributed by atoms with Crippen molar-refractivity contribution < 1.29 is 14.3 Å². The van der Waals surface area contributed by atoms with E-state index in [1.54, 1.807) is 7.11 Å². The maximum Gasteiger partial charge on any atom is 0.220 e. The van der Waals surface area contributed by atoms with E-state index in [0.717, 1.165) is 25.3 Å². The van der Waals surface area contributed by atoms with E-state index >= 15 is 0 Å². The zero-order valence-corrected chi connectivity index (χ0v) is 17.9. The molecule has 0 saturated heterocycles. The van der Waals surface area contributed by atoms with Gasteiger partial charge in [-0.25, -0.2) is 0 Å². The smallest absolute Gasteiger partial charge is 0.220 e. The molecule has 1 amide bonds. The third-order valence-corrected chi connectivity index (χ3v) is 5.61. The van der Waals surface area contributed by atoms with Gasteiger partial charge in [-0.05, 0) is 30.7 Å². The lowest BCUT2D eigenvalue weighted by atomic mass is 9.90. The Bertz CT molecular complexity index is 311. The van der Waals surface area contributed by atoms with Gasteiger partial charge in [0.05, 0.1) is 6.10 Å². The third kappa shape index (κ3) is 15.2. The van der Waals surface area contributed by atoms with Gasteiger partial charge >= 0.3 is 0 Å². The molecule has 0 fully saturated rings. The molecule has 0 aliphatic rings. The summed E-state index contributed by atoms with van der Waals surface area (Å²) in [6.45, 7) is 7.30. The highest BCUT2D eigenvalue weighted by Crippen LogP contribution is 2.21. The lowest BCUT2D eigenvalue weighted by Crippen LogP contribution is -2.34. The number of carbonyl (C=O) groups excluding carboxylic acids is 1. The zero-order chi connectivity index (χ0) is 18.3. The van der Waals surface area contributed by atoms with Crippen LogP contribution in [-0.2, 0) is 9.22 Å². The first-order chi connectivity index (χ1) is 11.4. The lowest BCUT2D eigenvalue weighted by Gasteiger charge is -2.25. The maximum absolute atomic E-state index is 11.9. The first-order valence-corrected chi connectivity index (χ1v) is 11.4. The van der Waals surface area contributed by atoms with Crippen LogP contribution >= 0.6 is 0 Å². The molecule has 0 aliphatic carbocycles. The molecule has 0 rings (SSSR count). The van der Waals surface area contributed by atoms with Gasteiger partial charge in [-0.15, -0.1) is 0 Å². The summed E-state index contributed by atoms with van der Waals surface area (Å²) in [6, 6.07) is 1.15. The Labute approximate surface area is 152 Å². The molecule has 24 heavy (non-hydrogen) atoms. The van der Waals surface area contributed by atoms with E-state index in [-0.39, 0.29) is 27.2 Å². The summed E-state index contributed by atoms with van der Waals surface area (Å²) in [5.74, 6) is 0.0639. The monoisotopic (exact) mass is 359 g/mol. The number of unbranched alkanes of at least 4 members (excludes halogenated alkanes) is 5. The van der Waals surface area contributed by atoms with Gasteiger partial charge < -0.3 is 14.8 Å². The summed E-state index contributed by atoms with van der Waals surface area (Å²) in [6.07, 6.45) is 10.0. The summed E-state index contributed by atoms with van der Waals surface area (Å²) < 4.78 is 5.21. The summed E-state index contributed by atoms with van der Waals surface area (Å²) in [4.78, 5) is 11.9. The van der Waals surface area contributed by atoms with Crippen molar-refractivity contribution in [3.63, 3.8) is 0 Å². The van der Waals surface area contributed by atoms with Crippen LogP contribution in [0, 0.1) is 5.41 Å². The van der Waals surface area contributed by atoms with Crippen molar-refractivity contribution in [2.24, 2.45) is 5.41 Å². The maximum atomic E-state index is 11.9. The molecular formula is C19H41NO3Si. The molecule has 1 atom stereocenters. The van der Waals surface area contributed by atoms with Gasteiger partial charge in [-0.3, -0.25) is 4.79 Å². The molecule has 0 aliphatic heterocycles. The lowest BCUT2D eigenvalue weighted by molar-refractivity contribution is -0.122. The molecule has 1 unspecified atom stereocenters. The molecular weight excluding hydrogens is 318 g/mol. The molecule has 0 radical (unpaired) electrons. The van der Waals surface area contributed by atoms with E-state index in [4.69, 9.17) is 4.43 Å². The summed E-state index contributed by atoms with van der Waals surface area (Å²) in [7, 11) is 1.40. The van der Waals surface area contributed by atoms with Crippen LogP contribution in [-0.4, -0.2) is 40.5 Å². The highest BCUT2D eigenvalue weighted by atomic mass is 28.2. The first-order valence-electron chi connectivity index (χ1n) is 9.85. The molecule has 144 valence electrons. The Morgan fingerprint density at radius 1 is 1.17 bits per heavy atom. The Kier molecular flexibility index (Phi) is 14.7. The number of hydrogen-bond acceptors (Lipinski definition) is 3. The van der Waals surface area contributed by atoms with Crippen LogP contribution in [0.5, 0.6) is 0 Å². The van der Waals surface area contributed by atoms with Crippen molar-refractivity contribution in [2.75, 3.05) is 13.7 Å². The first kappa shape index (κ1) is 23.6. The van der Waals surface area contributed by atoms with E-state index in [1.165, 1.54) is 32.1 Å². The Hall–Kier alpha value is -0.393. The highest BCUT2D eigenvalue weighted by molar-refractivity contribution is 6.26. The van der Waals surface area contributed by atoms with Crippen LogP contribution in [0.25, 0.3) is 0 Å². The van der Waals surface area contributed by atoms with Gasteiger partial charge in [-0.1, -0.05) is 59.3 Å². The summed E-state index contributed by atoms with van der Waals surface area (Å²) in [5, 5.41) is 13.0. The van der Waals surface area contributed by atoms with Crippen LogP contribution < -0.4 is 5.32 Å². The SMILES string of the molecule is CCCCCCCCC(O)CCC(=O)NCC(C)(C)CC[SiH2]OC. The molecule has 0 aromatic carbocycles. The molecule has 0 bridgehead atoms. The largest absolute Gasteiger partial charge is 0.427 e. The molecule has 2 N–H and O–H groups in total. The Balaban J connectivity index is 3.66. The second-order valence-electron chi connectivity index (χ2n) is 7.79. The van der Waals surface area contributed by atoms with Crippen molar-refractivity contribution in [3.8, 4) is 0 Å². The molecule has 4 nitrogen and oxygen atoms in total. The van der Waals surface area contributed by atoms with Crippen LogP contribution in [0.15, 0.2) is 0 Å². The van der Waals surface area contributed by atoms with E-state index in [2.05, 4.69) is 26.1 Å². The fraction of sp³-hybridized carbons (Fsp3) is 0.947. The summed E-state index contributed by atoms with van der Waals surface area (Å²) in [5.41, 5.74) is 0.123. The third-order valence-electron chi connectivity index (χ3n) is 4.56. The van der Waals surface area contributed by atoms with Gasteiger partial charge in [0.15, 0.2) is 9.76 Å². The molecule has 0 heterocycles. The average molecular weight is 360 g/mol. The molecule has 0 aromatic heterocycles. The van der Waals surface area contributed by atoms with Crippen molar-refractivity contribution in [2.45, 2.75) is 97.1 Å². The standard InChI is InChI=1S/C19H41NO3Si/c1-5-6-7-8-9-10-11-17(21)12-13-18(22)20-16-19(2,3)14-15-24-23-4/h17,21H,5-16,24H2,1-4H3,(H,20,22). The Morgan fingerprint density at radius 3 is 2.50 bits per heavy atom. The van der Waals surface area contributed by atoms with Crippen LogP contribution in [0.2, 0.25) is 6.04 Å². The van der Waals surface area contributed by atoms with Gasteiger partial charge in [0.2, 0.25) is 5.91 Å². The number of aliphatic hydroxyl groups excluding tert-OH is 1. The average Bonchev–Trinajstić information content (AvgIpc) is 2.54. The van der Waals surface area contributed by atoms with Crippen LogP contribution in [0.4, 0.5) is 0 Å². The van der Waals surface area contributed by atoms with Crippen LogP contribution in [0.3, 0.4) is 0 Å². The van der Waals surface area contributed by atoms with Gasteiger partial charge in [0, 0.05) is 20.1 Å². The number of nitrogens with one attached hydrogen (secondary N) is 1. The molecule has 0 saturated carbocycles. The number of aliphatic hydroxyl groups is 1. The second kappa shape index (κ2) is 14.9. The fourth-order valence-corrected chi connectivity index (χ4v) is 4.20. The minimum atomic E-state index is -0.376. The number of amides is 1. The van der Waals surface area contributed by atoms with Gasteiger partial charge in [0.25, 0.3) is 0 Å². The molecule has 0 aromatic rings. The predicted octanol–water partition coefficient (Wildman–Crippen LogP) is 3.56. The normalized spacial score (nSPS) is 13.5.